The highest BCUT2D eigenvalue weighted by Gasteiger charge is 2.13. The molecule has 0 aromatic heterocycles. The molecule has 0 saturated heterocycles. The molecule has 1 rings (SSSR count). The van der Waals surface area contributed by atoms with Crippen molar-refractivity contribution in [3.05, 3.63) is 24.3 Å². The quantitative estimate of drug-likeness (QED) is 0.688. The number of benzene rings is 1. The highest BCUT2D eigenvalue weighted by molar-refractivity contribution is 7.89. The topological polar surface area (TPSA) is 75.3 Å². The Bertz CT molecular complexity index is 539. The van der Waals surface area contributed by atoms with Gasteiger partial charge in [0.1, 0.15) is 0 Å². The molecule has 1 aromatic rings. The molecule has 1 aromatic carbocycles. The van der Waals surface area contributed by atoms with Gasteiger partial charge >= 0.3 is 0 Å². The van der Waals surface area contributed by atoms with Crippen LogP contribution in [0.5, 0.6) is 0 Å². The number of nitrogens with one attached hydrogen (secondary N) is 2. The standard InChI is InChI=1S/C15H24N2O3S/c1-3-5-7-15(18)17-13-8-10-14(11-9-13)21(19,20)16-12-6-4-2/h8-11,16H,3-7,12H2,1-2H3,(H,17,18). The molecule has 0 heterocycles. The van der Waals surface area contributed by atoms with Crippen LogP contribution < -0.4 is 10.0 Å². The summed E-state index contributed by atoms with van der Waals surface area (Å²) in [4.78, 5) is 11.8. The lowest BCUT2D eigenvalue weighted by molar-refractivity contribution is -0.116. The molecule has 0 bridgehead atoms. The maximum absolute atomic E-state index is 12.0. The van der Waals surface area contributed by atoms with Gasteiger partial charge in [-0.05, 0) is 37.1 Å². The number of amides is 1. The first-order valence-corrected chi connectivity index (χ1v) is 8.87. The van der Waals surface area contributed by atoms with Gasteiger partial charge in [-0.3, -0.25) is 4.79 Å². The van der Waals surface area contributed by atoms with Crippen molar-refractivity contribution in [2.75, 3.05) is 11.9 Å². The number of carbonyl (C=O) groups is 1. The number of hydrogen-bond acceptors (Lipinski definition) is 3. The van der Waals surface area contributed by atoms with Crippen LogP contribution in [0.2, 0.25) is 0 Å². The van der Waals surface area contributed by atoms with Crippen LogP contribution >= 0.6 is 0 Å². The van der Waals surface area contributed by atoms with Gasteiger partial charge in [-0.15, -0.1) is 0 Å². The van der Waals surface area contributed by atoms with Gasteiger partial charge in [-0.2, -0.15) is 0 Å². The monoisotopic (exact) mass is 312 g/mol. The highest BCUT2D eigenvalue weighted by Crippen LogP contribution is 2.14. The summed E-state index contributed by atoms with van der Waals surface area (Å²) in [5, 5.41) is 2.75. The second kappa shape index (κ2) is 8.79. The fourth-order valence-corrected chi connectivity index (χ4v) is 2.82. The van der Waals surface area contributed by atoms with Crippen molar-refractivity contribution in [1.82, 2.24) is 4.72 Å². The van der Waals surface area contributed by atoms with Gasteiger partial charge in [0.25, 0.3) is 0 Å². The van der Waals surface area contributed by atoms with E-state index in [2.05, 4.69) is 10.0 Å². The molecular weight excluding hydrogens is 288 g/mol. The van der Waals surface area contributed by atoms with Crippen LogP contribution in [0.1, 0.15) is 46.0 Å². The minimum absolute atomic E-state index is 0.0477. The summed E-state index contributed by atoms with van der Waals surface area (Å²) >= 11 is 0. The Hall–Kier alpha value is -1.40. The van der Waals surface area contributed by atoms with Crippen LogP contribution in [0.3, 0.4) is 0 Å². The van der Waals surface area contributed by atoms with Crippen molar-refractivity contribution in [1.29, 1.82) is 0 Å². The summed E-state index contributed by atoms with van der Waals surface area (Å²) in [7, 11) is -3.45. The zero-order chi connectivity index (χ0) is 15.7. The molecule has 6 heteroatoms. The van der Waals surface area contributed by atoms with E-state index in [1.807, 2.05) is 13.8 Å². The molecule has 2 N–H and O–H groups in total. The summed E-state index contributed by atoms with van der Waals surface area (Å²) in [5.41, 5.74) is 0.614. The number of sulfonamides is 1. The molecule has 0 fully saturated rings. The summed E-state index contributed by atoms with van der Waals surface area (Å²) in [6, 6.07) is 6.23. The third kappa shape index (κ3) is 6.27. The first kappa shape index (κ1) is 17.7. The number of anilines is 1. The van der Waals surface area contributed by atoms with E-state index in [1.165, 1.54) is 12.1 Å². The first-order chi connectivity index (χ1) is 9.99. The van der Waals surface area contributed by atoms with Gasteiger partial charge in [0.05, 0.1) is 4.90 Å². The zero-order valence-corrected chi connectivity index (χ0v) is 13.5. The van der Waals surface area contributed by atoms with Crippen molar-refractivity contribution < 1.29 is 13.2 Å². The van der Waals surface area contributed by atoms with Crippen LogP contribution in [0, 0.1) is 0 Å². The lowest BCUT2D eigenvalue weighted by Crippen LogP contribution is -2.24. The van der Waals surface area contributed by atoms with E-state index in [4.69, 9.17) is 0 Å². The van der Waals surface area contributed by atoms with Gasteiger partial charge in [0.15, 0.2) is 0 Å². The van der Waals surface area contributed by atoms with E-state index in [9.17, 15) is 13.2 Å². The molecule has 0 radical (unpaired) electrons. The van der Waals surface area contributed by atoms with Gasteiger partial charge in [0.2, 0.25) is 15.9 Å². The van der Waals surface area contributed by atoms with E-state index in [0.717, 1.165) is 25.7 Å². The fraction of sp³-hybridized carbons (Fsp3) is 0.533. The number of hydrogen-bond donors (Lipinski definition) is 2. The molecule has 1 amide bonds. The maximum Gasteiger partial charge on any atom is 0.240 e. The molecule has 0 aliphatic heterocycles. The lowest BCUT2D eigenvalue weighted by atomic mass is 10.2. The maximum atomic E-state index is 12.0. The smallest absolute Gasteiger partial charge is 0.240 e. The summed E-state index contributed by atoms with van der Waals surface area (Å²) in [6.07, 6.45) is 4.04. The summed E-state index contributed by atoms with van der Waals surface area (Å²) < 4.78 is 26.5. The van der Waals surface area contributed by atoms with Gasteiger partial charge in [-0.25, -0.2) is 13.1 Å². The van der Waals surface area contributed by atoms with Gasteiger partial charge in [0, 0.05) is 18.7 Å². The molecule has 0 atom stereocenters. The Balaban J connectivity index is 2.62. The largest absolute Gasteiger partial charge is 0.326 e. The Morgan fingerprint density at radius 1 is 1.05 bits per heavy atom. The van der Waals surface area contributed by atoms with Crippen LogP contribution in [0.25, 0.3) is 0 Å². The average molecular weight is 312 g/mol. The predicted octanol–water partition coefficient (Wildman–Crippen LogP) is 2.89. The minimum Gasteiger partial charge on any atom is -0.326 e. The van der Waals surface area contributed by atoms with Crippen molar-refractivity contribution >= 4 is 21.6 Å². The van der Waals surface area contributed by atoms with Crippen LogP contribution in [0.15, 0.2) is 29.2 Å². The van der Waals surface area contributed by atoms with Gasteiger partial charge < -0.3 is 5.32 Å². The predicted molar refractivity (Wildman–Crippen MR) is 84.7 cm³/mol. The Labute approximate surface area is 127 Å². The second-order valence-electron chi connectivity index (χ2n) is 4.93. The van der Waals surface area contributed by atoms with Crippen molar-refractivity contribution in [3.8, 4) is 0 Å². The van der Waals surface area contributed by atoms with E-state index in [0.29, 0.717) is 18.7 Å². The number of rotatable bonds is 9. The molecule has 0 spiro atoms. The zero-order valence-electron chi connectivity index (χ0n) is 12.7. The second-order valence-corrected chi connectivity index (χ2v) is 6.69. The fourth-order valence-electron chi connectivity index (χ4n) is 1.74. The molecule has 118 valence electrons. The van der Waals surface area contributed by atoms with Gasteiger partial charge in [-0.1, -0.05) is 26.7 Å². The van der Waals surface area contributed by atoms with E-state index < -0.39 is 10.0 Å². The van der Waals surface area contributed by atoms with Crippen LogP contribution in [-0.2, 0) is 14.8 Å². The molecule has 5 nitrogen and oxygen atoms in total. The average Bonchev–Trinajstić information content (AvgIpc) is 2.46. The van der Waals surface area contributed by atoms with E-state index in [-0.39, 0.29) is 10.8 Å². The Kier molecular flexibility index (Phi) is 7.39. The number of carbonyl (C=O) groups excluding carboxylic acids is 1. The molecule has 21 heavy (non-hydrogen) atoms. The molecule has 0 aliphatic rings. The van der Waals surface area contributed by atoms with Crippen molar-refractivity contribution in [2.45, 2.75) is 50.8 Å². The third-order valence-corrected chi connectivity index (χ3v) is 4.51. The highest BCUT2D eigenvalue weighted by atomic mass is 32.2. The third-order valence-electron chi connectivity index (χ3n) is 3.03. The molecular formula is C15H24N2O3S. The lowest BCUT2D eigenvalue weighted by Gasteiger charge is -2.08. The number of unbranched alkanes of at least 4 members (excludes halogenated alkanes) is 2. The summed E-state index contributed by atoms with van der Waals surface area (Å²) in [6.45, 7) is 4.47. The molecule has 0 saturated carbocycles. The van der Waals surface area contributed by atoms with Crippen molar-refractivity contribution in [2.24, 2.45) is 0 Å². The minimum atomic E-state index is -3.45. The molecule has 0 aliphatic carbocycles. The molecule has 0 unspecified atom stereocenters. The van der Waals surface area contributed by atoms with E-state index in [1.54, 1.807) is 12.1 Å². The van der Waals surface area contributed by atoms with Crippen molar-refractivity contribution in [3.63, 3.8) is 0 Å². The summed E-state index contributed by atoms with van der Waals surface area (Å²) in [5.74, 6) is -0.0477. The first-order valence-electron chi connectivity index (χ1n) is 7.39. The normalized spacial score (nSPS) is 11.3. The Morgan fingerprint density at radius 2 is 1.67 bits per heavy atom. The van der Waals surface area contributed by atoms with E-state index >= 15 is 0 Å². The van der Waals surface area contributed by atoms with Crippen LogP contribution in [-0.4, -0.2) is 20.9 Å². The SMILES string of the molecule is CCCCNS(=O)(=O)c1ccc(NC(=O)CCCC)cc1. The van der Waals surface area contributed by atoms with Crippen LogP contribution in [0.4, 0.5) is 5.69 Å². The Morgan fingerprint density at radius 3 is 2.24 bits per heavy atom.